The molecule has 41 heavy (non-hydrogen) atoms. The summed E-state index contributed by atoms with van der Waals surface area (Å²) in [5.74, 6) is 0.0943. The van der Waals surface area contributed by atoms with Crippen molar-refractivity contribution < 1.29 is 19.9 Å². The number of allylic oxidation sites excluding steroid dienone is 4. The van der Waals surface area contributed by atoms with Crippen molar-refractivity contribution in [2.75, 3.05) is 60.7 Å². The summed E-state index contributed by atoms with van der Waals surface area (Å²) >= 11 is 12.8. The highest BCUT2D eigenvalue weighted by molar-refractivity contribution is 6.38. The van der Waals surface area contributed by atoms with Crippen LogP contribution in [0.5, 0.6) is 11.8 Å². The van der Waals surface area contributed by atoms with Crippen molar-refractivity contribution in [1.29, 1.82) is 0 Å². The van der Waals surface area contributed by atoms with Crippen molar-refractivity contribution in [3.63, 3.8) is 0 Å². The first-order chi connectivity index (χ1) is 19.7. The highest BCUT2D eigenvalue weighted by Crippen LogP contribution is 2.42. The summed E-state index contributed by atoms with van der Waals surface area (Å²) < 4.78 is 6.67. The standard InChI is InChI=1S/C25H27Cl2N9O5/c26-14-1-2-15(16(27)11-14)22-19(35-21(37)12-18(24(35)38)34-7-9-41-10-8-34)13-31-25(33-22)30-6-5-29-20-4-3-17(36(39)40)23(28)32-20/h2-4,11-14,37-38H,1,5-10H2,(H3,28,29,32)(H,30,31,33). The quantitative estimate of drug-likeness (QED) is 0.104. The van der Waals surface area contributed by atoms with Gasteiger partial charge in [-0.05, 0) is 18.6 Å². The molecule has 0 spiro atoms. The molecule has 1 fully saturated rings. The van der Waals surface area contributed by atoms with E-state index in [4.69, 9.17) is 33.7 Å². The molecule has 3 aromatic rings. The Morgan fingerprint density at radius 2 is 1.93 bits per heavy atom. The van der Waals surface area contributed by atoms with Crippen LogP contribution in [-0.2, 0) is 4.74 Å². The van der Waals surface area contributed by atoms with E-state index in [1.165, 1.54) is 29.0 Å². The fourth-order valence-corrected chi connectivity index (χ4v) is 5.11. The van der Waals surface area contributed by atoms with Crippen LogP contribution in [0.2, 0.25) is 0 Å². The Morgan fingerprint density at radius 3 is 2.63 bits per heavy atom. The van der Waals surface area contributed by atoms with Gasteiger partial charge in [0.2, 0.25) is 23.5 Å². The van der Waals surface area contributed by atoms with E-state index in [-0.39, 0.29) is 34.6 Å². The summed E-state index contributed by atoms with van der Waals surface area (Å²) in [4.78, 5) is 25.3. The minimum absolute atomic E-state index is 0.166. The number of rotatable bonds is 9. The van der Waals surface area contributed by atoms with E-state index in [2.05, 4.69) is 25.6 Å². The third kappa shape index (κ3) is 6.09. The molecule has 0 saturated carbocycles. The van der Waals surface area contributed by atoms with Crippen LogP contribution >= 0.6 is 23.2 Å². The SMILES string of the molecule is Nc1nc(NCCNc2ncc(-n3c(O)cc(N4CCOCC4)c3O)c(C3=CCC(Cl)C=C3Cl)n2)ccc1[N+](=O)[O-]. The van der Waals surface area contributed by atoms with E-state index in [9.17, 15) is 20.3 Å². The number of nitro groups is 1. The number of aromatic hydroxyl groups is 2. The van der Waals surface area contributed by atoms with Gasteiger partial charge < -0.3 is 36.2 Å². The van der Waals surface area contributed by atoms with Crippen molar-refractivity contribution >= 4 is 57.7 Å². The summed E-state index contributed by atoms with van der Waals surface area (Å²) in [6, 6.07) is 4.24. The number of anilines is 4. The number of aromatic nitrogens is 4. The van der Waals surface area contributed by atoms with Gasteiger partial charge in [-0.25, -0.2) is 19.5 Å². The van der Waals surface area contributed by atoms with Gasteiger partial charge in [-0.15, -0.1) is 11.6 Å². The van der Waals surface area contributed by atoms with Crippen LogP contribution in [0.25, 0.3) is 11.3 Å². The van der Waals surface area contributed by atoms with Gasteiger partial charge in [0.15, 0.2) is 0 Å². The van der Waals surface area contributed by atoms with Gasteiger partial charge in [-0.2, -0.15) is 0 Å². The molecule has 3 aromatic heterocycles. The first-order valence-corrected chi connectivity index (χ1v) is 13.5. The normalized spacial score (nSPS) is 17.1. The summed E-state index contributed by atoms with van der Waals surface area (Å²) in [6.45, 7) is 2.87. The Labute approximate surface area is 244 Å². The molecule has 216 valence electrons. The average Bonchev–Trinajstić information content (AvgIpc) is 3.24. The lowest BCUT2D eigenvalue weighted by atomic mass is 10.0. The zero-order valence-electron chi connectivity index (χ0n) is 21.6. The van der Waals surface area contributed by atoms with Crippen LogP contribution in [0.4, 0.5) is 29.0 Å². The molecule has 1 unspecified atom stereocenters. The molecule has 4 heterocycles. The molecular weight excluding hydrogens is 577 g/mol. The van der Waals surface area contributed by atoms with Crippen molar-refractivity contribution in [3.8, 4) is 17.4 Å². The fraction of sp³-hybridized carbons (Fsp3) is 0.320. The number of hydrogen-bond donors (Lipinski definition) is 5. The molecule has 2 aliphatic rings. The Hall–Kier alpha value is -4.27. The monoisotopic (exact) mass is 603 g/mol. The van der Waals surface area contributed by atoms with Crippen molar-refractivity contribution in [3.05, 3.63) is 57.4 Å². The smallest absolute Gasteiger partial charge is 0.311 e. The van der Waals surface area contributed by atoms with E-state index >= 15 is 0 Å². The topological polar surface area (TPSA) is 190 Å². The lowest BCUT2D eigenvalue weighted by Gasteiger charge is -2.28. The van der Waals surface area contributed by atoms with Crippen molar-refractivity contribution in [2.45, 2.75) is 11.8 Å². The fourth-order valence-electron chi connectivity index (χ4n) is 4.51. The second-order valence-corrected chi connectivity index (χ2v) is 10.1. The summed E-state index contributed by atoms with van der Waals surface area (Å²) in [6.07, 6.45) is 5.55. The van der Waals surface area contributed by atoms with Crippen LogP contribution in [0.15, 0.2) is 41.6 Å². The van der Waals surface area contributed by atoms with Crippen molar-refractivity contribution in [2.24, 2.45) is 0 Å². The maximum atomic E-state index is 11.2. The lowest BCUT2D eigenvalue weighted by molar-refractivity contribution is -0.384. The predicted molar refractivity (Wildman–Crippen MR) is 156 cm³/mol. The molecule has 16 heteroatoms. The number of nitrogens with one attached hydrogen (secondary N) is 2. The van der Waals surface area contributed by atoms with Gasteiger partial charge in [0.1, 0.15) is 17.2 Å². The van der Waals surface area contributed by atoms with Crippen LogP contribution in [0, 0.1) is 10.1 Å². The third-order valence-corrected chi connectivity index (χ3v) is 7.13. The Morgan fingerprint density at radius 1 is 1.17 bits per heavy atom. The van der Waals surface area contributed by atoms with Crippen molar-refractivity contribution in [1.82, 2.24) is 19.5 Å². The van der Waals surface area contributed by atoms with Gasteiger partial charge in [0.25, 0.3) is 0 Å². The molecule has 5 rings (SSSR count). The number of alkyl halides is 1. The largest absolute Gasteiger partial charge is 0.494 e. The summed E-state index contributed by atoms with van der Waals surface area (Å²) in [7, 11) is 0. The summed E-state index contributed by atoms with van der Waals surface area (Å²) in [5, 5.41) is 39.2. The Balaban J connectivity index is 1.39. The second-order valence-electron chi connectivity index (χ2n) is 9.17. The molecule has 1 aliphatic heterocycles. The first kappa shape index (κ1) is 28.3. The van der Waals surface area contributed by atoms with E-state index in [0.717, 1.165) is 0 Å². The van der Waals surface area contributed by atoms with Gasteiger partial charge in [0.05, 0.1) is 35.4 Å². The molecule has 1 saturated heterocycles. The van der Waals surface area contributed by atoms with Crippen LogP contribution in [-0.4, -0.2) is 79.4 Å². The highest BCUT2D eigenvalue weighted by atomic mass is 35.5. The second kappa shape index (κ2) is 12.1. The summed E-state index contributed by atoms with van der Waals surface area (Å²) in [5.41, 5.74) is 7.12. The molecular formula is C25H27Cl2N9O5. The predicted octanol–water partition coefficient (Wildman–Crippen LogP) is 3.44. The molecule has 6 N–H and O–H groups in total. The van der Waals surface area contributed by atoms with Crippen LogP contribution < -0.4 is 21.3 Å². The highest BCUT2D eigenvalue weighted by Gasteiger charge is 2.27. The molecule has 0 radical (unpaired) electrons. The number of morpholine rings is 1. The number of nitrogens with zero attached hydrogens (tertiary/aromatic N) is 6. The van der Waals surface area contributed by atoms with Gasteiger partial charge >= 0.3 is 5.69 Å². The number of nitrogens with two attached hydrogens (primary N) is 1. The van der Waals surface area contributed by atoms with E-state index in [1.807, 2.05) is 11.0 Å². The van der Waals surface area contributed by atoms with Crippen LogP contribution in [0.1, 0.15) is 12.1 Å². The number of halogens is 2. The first-order valence-electron chi connectivity index (χ1n) is 12.7. The maximum Gasteiger partial charge on any atom is 0.311 e. The third-order valence-electron chi connectivity index (χ3n) is 6.50. The Kier molecular flexibility index (Phi) is 8.33. The van der Waals surface area contributed by atoms with Gasteiger partial charge in [0, 0.05) is 48.9 Å². The minimum atomic E-state index is -0.598. The lowest BCUT2D eigenvalue weighted by Crippen LogP contribution is -2.36. The van der Waals surface area contributed by atoms with Gasteiger partial charge in [-0.1, -0.05) is 17.7 Å². The zero-order chi connectivity index (χ0) is 29.1. The molecule has 0 bridgehead atoms. The number of hydrogen-bond acceptors (Lipinski definition) is 12. The average molecular weight is 604 g/mol. The number of nitrogen functional groups attached to an aromatic ring is 1. The maximum absolute atomic E-state index is 11.2. The zero-order valence-corrected chi connectivity index (χ0v) is 23.1. The molecule has 14 nitrogen and oxygen atoms in total. The molecule has 0 amide bonds. The molecule has 0 aromatic carbocycles. The van der Waals surface area contributed by atoms with E-state index in [1.54, 1.807) is 6.08 Å². The Bertz CT molecular complexity index is 1520. The number of pyridine rings is 1. The molecule has 1 atom stereocenters. The van der Waals surface area contributed by atoms with Gasteiger partial charge in [-0.3, -0.25) is 10.1 Å². The molecule has 1 aliphatic carbocycles. The van der Waals surface area contributed by atoms with E-state index < -0.39 is 4.92 Å². The van der Waals surface area contributed by atoms with E-state index in [0.29, 0.717) is 79.3 Å². The number of ether oxygens (including phenoxy) is 1. The van der Waals surface area contributed by atoms with Crippen LogP contribution in [0.3, 0.4) is 0 Å². The minimum Gasteiger partial charge on any atom is -0.494 e.